The number of benzene rings is 2. The van der Waals surface area contributed by atoms with Crippen molar-refractivity contribution in [2.24, 2.45) is 5.16 Å². The molecule has 0 aliphatic carbocycles. The van der Waals surface area contributed by atoms with E-state index in [0.29, 0.717) is 18.6 Å². The number of aliphatic hydroxyl groups is 1. The molecule has 1 aliphatic rings. The van der Waals surface area contributed by atoms with E-state index < -0.39 is 12.2 Å². The van der Waals surface area contributed by atoms with E-state index in [-0.39, 0.29) is 18.2 Å². The van der Waals surface area contributed by atoms with Crippen LogP contribution in [0.4, 0.5) is 0 Å². The van der Waals surface area contributed by atoms with Gasteiger partial charge in [-0.25, -0.2) is 4.79 Å². The molecule has 1 saturated heterocycles. The summed E-state index contributed by atoms with van der Waals surface area (Å²) in [7, 11) is 1.47. The van der Waals surface area contributed by atoms with Gasteiger partial charge in [-0.3, -0.25) is 0 Å². The number of nitrogens with zero attached hydrogens (tertiary/aromatic N) is 1. The van der Waals surface area contributed by atoms with E-state index in [1.807, 2.05) is 67.6 Å². The topological polar surface area (TPSA) is 86.6 Å². The van der Waals surface area contributed by atoms with Crippen LogP contribution in [0, 0.1) is 0 Å². The molecule has 2 aromatic carbocycles. The summed E-state index contributed by atoms with van der Waals surface area (Å²) >= 11 is 0. The quantitative estimate of drug-likeness (QED) is 0.403. The molecule has 4 atom stereocenters. The van der Waals surface area contributed by atoms with Crippen LogP contribution in [0.25, 0.3) is 0 Å². The van der Waals surface area contributed by atoms with Crippen LogP contribution in [0.15, 0.2) is 65.8 Å². The summed E-state index contributed by atoms with van der Waals surface area (Å²) in [6.07, 6.45) is 1.44. The second-order valence-corrected chi connectivity index (χ2v) is 6.89. The number of rotatable bonds is 8. The number of oxime groups is 1. The van der Waals surface area contributed by atoms with Crippen molar-refractivity contribution in [3.05, 3.63) is 60.7 Å². The van der Waals surface area contributed by atoms with Gasteiger partial charge in [-0.15, -0.1) is 0 Å². The van der Waals surface area contributed by atoms with Crippen LogP contribution in [0.1, 0.15) is 26.7 Å². The zero-order chi connectivity index (χ0) is 21.8. The SMILES string of the molecule is CC1CC(Oc2ccccc2)C(=O)O1.CO/N=C/C(CC(C)O)Oc1ccccc1. The lowest BCUT2D eigenvalue weighted by atomic mass is 10.2. The molecular formula is C23H29NO6. The van der Waals surface area contributed by atoms with Crippen LogP contribution in [-0.2, 0) is 14.4 Å². The van der Waals surface area contributed by atoms with Gasteiger partial charge in [0.25, 0.3) is 0 Å². The Hall–Kier alpha value is -3.06. The Morgan fingerprint density at radius 3 is 2.23 bits per heavy atom. The van der Waals surface area contributed by atoms with Gasteiger partial charge in [0, 0.05) is 12.8 Å². The highest BCUT2D eigenvalue weighted by atomic mass is 16.6. The van der Waals surface area contributed by atoms with Crippen molar-refractivity contribution in [3.8, 4) is 11.5 Å². The second-order valence-electron chi connectivity index (χ2n) is 6.89. The van der Waals surface area contributed by atoms with Crippen LogP contribution in [0.5, 0.6) is 11.5 Å². The molecule has 2 aromatic rings. The zero-order valence-corrected chi connectivity index (χ0v) is 17.5. The van der Waals surface area contributed by atoms with Crippen LogP contribution < -0.4 is 9.47 Å². The van der Waals surface area contributed by atoms with Crippen molar-refractivity contribution in [2.45, 2.75) is 51.1 Å². The smallest absolute Gasteiger partial charge is 0.347 e. The molecule has 7 heteroatoms. The third-order valence-corrected chi connectivity index (χ3v) is 4.08. The number of carbonyl (C=O) groups is 1. The van der Waals surface area contributed by atoms with Crippen molar-refractivity contribution in [3.63, 3.8) is 0 Å². The molecule has 0 radical (unpaired) electrons. The molecule has 1 fully saturated rings. The lowest BCUT2D eigenvalue weighted by Crippen LogP contribution is -2.23. The Balaban J connectivity index is 0.000000215. The highest BCUT2D eigenvalue weighted by Gasteiger charge is 2.33. The maximum absolute atomic E-state index is 11.2. The first-order valence-electron chi connectivity index (χ1n) is 9.86. The molecule has 30 heavy (non-hydrogen) atoms. The Labute approximate surface area is 177 Å². The molecule has 0 saturated carbocycles. The van der Waals surface area contributed by atoms with Crippen LogP contribution in [0.3, 0.4) is 0 Å². The Kier molecular flexibility index (Phi) is 9.67. The lowest BCUT2D eigenvalue weighted by molar-refractivity contribution is -0.145. The predicted octanol–water partition coefficient (Wildman–Crippen LogP) is 3.61. The fourth-order valence-electron chi connectivity index (χ4n) is 2.76. The number of ether oxygens (including phenoxy) is 3. The van der Waals surface area contributed by atoms with E-state index in [9.17, 15) is 9.90 Å². The maximum atomic E-state index is 11.2. The van der Waals surface area contributed by atoms with Crippen molar-refractivity contribution in [1.29, 1.82) is 0 Å². The van der Waals surface area contributed by atoms with Gasteiger partial charge >= 0.3 is 5.97 Å². The van der Waals surface area contributed by atoms with E-state index in [1.165, 1.54) is 7.11 Å². The first kappa shape index (κ1) is 23.2. The van der Waals surface area contributed by atoms with Crippen molar-refractivity contribution in [1.82, 2.24) is 0 Å². The molecule has 7 nitrogen and oxygen atoms in total. The minimum absolute atomic E-state index is 0.0313. The van der Waals surface area contributed by atoms with Gasteiger partial charge in [0.15, 0.2) is 6.10 Å². The fraction of sp³-hybridized carbons (Fsp3) is 0.391. The third kappa shape index (κ3) is 8.53. The molecule has 0 spiro atoms. The second kappa shape index (κ2) is 12.5. The van der Waals surface area contributed by atoms with E-state index in [4.69, 9.17) is 14.2 Å². The highest BCUT2D eigenvalue weighted by Crippen LogP contribution is 2.20. The fourth-order valence-corrected chi connectivity index (χ4v) is 2.76. The Morgan fingerprint density at radius 1 is 1.13 bits per heavy atom. The van der Waals surface area contributed by atoms with E-state index in [2.05, 4.69) is 9.99 Å². The average Bonchev–Trinajstić information content (AvgIpc) is 3.04. The summed E-state index contributed by atoms with van der Waals surface area (Å²) in [5, 5.41) is 13.0. The van der Waals surface area contributed by atoms with Crippen molar-refractivity contribution in [2.75, 3.05) is 7.11 Å². The molecule has 3 rings (SSSR count). The number of para-hydroxylation sites is 2. The summed E-state index contributed by atoms with van der Waals surface area (Å²) in [5.74, 6) is 1.20. The monoisotopic (exact) mass is 415 g/mol. The molecule has 162 valence electrons. The van der Waals surface area contributed by atoms with Gasteiger partial charge in [0.2, 0.25) is 0 Å². The number of cyclic esters (lactones) is 1. The number of hydrogen-bond donors (Lipinski definition) is 1. The van der Waals surface area contributed by atoms with Gasteiger partial charge in [-0.05, 0) is 38.1 Å². The molecule has 0 bridgehead atoms. The molecule has 4 unspecified atom stereocenters. The first-order chi connectivity index (χ1) is 14.5. The van der Waals surface area contributed by atoms with Gasteiger partial charge < -0.3 is 24.2 Å². The molecule has 0 amide bonds. The summed E-state index contributed by atoms with van der Waals surface area (Å²) < 4.78 is 16.1. The lowest BCUT2D eigenvalue weighted by Gasteiger charge is -2.16. The molecular weight excluding hydrogens is 386 g/mol. The summed E-state index contributed by atoms with van der Waals surface area (Å²) in [4.78, 5) is 15.8. The van der Waals surface area contributed by atoms with Crippen LogP contribution in [0.2, 0.25) is 0 Å². The maximum Gasteiger partial charge on any atom is 0.347 e. The van der Waals surface area contributed by atoms with Gasteiger partial charge in [-0.1, -0.05) is 41.6 Å². The largest absolute Gasteiger partial charge is 0.485 e. The normalized spacial score (nSPS) is 19.9. The predicted molar refractivity (Wildman–Crippen MR) is 114 cm³/mol. The standard InChI is InChI=1S/C12H17NO3.C11H12O3/c1-10(14)8-12(9-13-15-2)16-11-6-4-3-5-7-11;1-8-7-10(11(12)13-8)14-9-5-3-2-4-6-9/h3-7,9-10,12,14H,8H2,1-2H3;2-6,8,10H,7H2,1H3/b13-9+;. The summed E-state index contributed by atoms with van der Waals surface area (Å²) in [6, 6.07) is 18.7. The van der Waals surface area contributed by atoms with Crippen molar-refractivity contribution < 1.29 is 28.9 Å². The van der Waals surface area contributed by atoms with E-state index >= 15 is 0 Å². The number of carbonyl (C=O) groups excluding carboxylic acids is 1. The van der Waals surface area contributed by atoms with E-state index in [0.717, 1.165) is 5.75 Å². The zero-order valence-electron chi connectivity index (χ0n) is 17.5. The summed E-state index contributed by atoms with van der Waals surface area (Å²) in [6.45, 7) is 3.58. The van der Waals surface area contributed by atoms with Crippen LogP contribution >= 0.6 is 0 Å². The summed E-state index contributed by atoms with van der Waals surface area (Å²) in [5.41, 5.74) is 0. The van der Waals surface area contributed by atoms with E-state index in [1.54, 1.807) is 13.1 Å². The van der Waals surface area contributed by atoms with Crippen LogP contribution in [-0.4, -0.2) is 48.8 Å². The molecule has 1 heterocycles. The van der Waals surface area contributed by atoms with Gasteiger partial charge in [0.1, 0.15) is 30.8 Å². The Morgan fingerprint density at radius 2 is 1.73 bits per heavy atom. The first-order valence-corrected chi connectivity index (χ1v) is 9.86. The van der Waals surface area contributed by atoms with Crippen molar-refractivity contribution >= 4 is 12.2 Å². The average molecular weight is 415 g/mol. The van der Waals surface area contributed by atoms with Gasteiger partial charge in [-0.2, -0.15) is 0 Å². The number of esters is 1. The molecule has 1 N–H and O–H groups in total. The molecule has 0 aromatic heterocycles. The minimum atomic E-state index is -0.447. The Bertz CT molecular complexity index is 766. The highest BCUT2D eigenvalue weighted by molar-refractivity contribution is 5.77. The van der Waals surface area contributed by atoms with Gasteiger partial charge in [0.05, 0.1) is 12.3 Å². The minimum Gasteiger partial charge on any atom is -0.485 e. The molecule has 1 aliphatic heterocycles. The number of hydrogen-bond acceptors (Lipinski definition) is 7. The number of aliphatic hydroxyl groups excluding tert-OH is 1. The third-order valence-electron chi connectivity index (χ3n) is 4.08.